The molecule has 2 fully saturated rings. The molecule has 0 spiro atoms. The molecule has 0 saturated carbocycles. The average molecular weight is 416 g/mol. The maximum atomic E-state index is 13.5. The zero-order chi connectivity index (χ0) is 21.7. The molecule has 0 bridgehead atoms. The second kappa shape index (κ2) is 9.49. The molecule has 2 aliphatic rings. The normalized spacial score (nSPS) is 19.4. The van der Waals surface area contributed by atoms with Gasteiger partial charge in [0.2, 0.25) is 11.8 Å². The van der Waals surface area contributed by atoms with Gasteiger partial charge in [-0.1, -0.05) is 30.3 Å². The van der Waals surface area contributed by atoms with Crippen molar-refractivity contribution in [2.24, 2.45) is 0 Å². The lowest BCUT2D eigenvalue weighted by molar-refractivity contribution is -0.148. The molecule has 2 heterocycles. The number of ether oxygens (including phenoxy) is 1. The molecule has 30 heavy (non-hydrogen) atoms. The van der Waals surface area contributed by atoms with Crippen LogP contribution in [-0.4, -0.2) is 59.0 Å². The lowest BCUT2D eigenvalue weighted by Gasteiger charge is -2.39. The fourth-order valence-electron chi connectivity index (χ4n) is 4.08. The van der Waals surface area contributed by atoms with Crippen LogP contribution in [0.4, 0.5) is 4.79 Å². The Balaban J connectivity index is 1.65. The number of likely N-dealkylation sites (tertiary alicyclic amines) is 2. The van der Waals surface area contributed by atoms with Crippen molar-refractivity contribution in [1.29, 1.82) is 0 Å². The molecule has 3 amide bonds. The number of alkyl carbamates (subject to hydrolysis) is 1. The summed E-state index contributed by atoms with van der Waals surface area (Å²) in [5.41, 5.74) is 0.316. The Bertz CT molecular complexity index is 751. The summed E-state index contributed by atoms with van der Waals surface area (Å²) in [4.78, 5) is 41.6. The summed E-state index contributed by atoms with van der Waals surface area (Å²) in [7, 11) is 0. The Hall–Kier alpha value is -2.57. The first-order valence-electron chi connectivity index (χ1n) is 10.9. The van der Waals surface area contributed by atoms with Gasteiger partial charge in [-0.2, -0.15) is 0 Å². The van der Waals surface area contributed by atoms with Crippen molar-refractivity contribution in [3.8, 4) is 0 Å². The molecule has 2 saturated heterocycles. The Morgan fingerprint density at radius 1 is 1.07 bits per heavy atom. The quantitative estimate of drug-likeness (QED) is 0.819. The number of nitrogens with one attached hydrogen (secondary N) is 1. The number of hydrogen-bond donors (Lipinski definition) is 1. The Labute approximate surface area is 178 Å². The van der Waals surface area contributed by atoms with Gasteiger partial charge < -0.3 is 19.9 Å². The van der Waals surface area contributed by atoms with E-state index in [2.05, 4.69) is 5.32 Å². The van der Waals surface area contributed by atoms with Crippen LogP contribution in [-0.2, 0) is 14.3 Å². The second-order valence-electron chi connectivity index (χ2n) is 9.10. The molecule has 164 valence electrons. The molecule has 1 aromatic rings. The van der Waals surface area contributed by atoms with E-state index in [-0.39, 0.29) is 17.9 Å². The van der Waals surface area contributed by atoms with Gasteiger partial charge in [0.1, 0.15) is 11.6 Å². The van der Waals surface area contributed by atoms with Crippen LogP contribution < -0.4 is 5.32 Å². The van der Waals surface area contributed by atoms with Gasteiger partial charge in [-0.25, -0.2) is 4.79 Å². The van der Waals surface area contributed by atoms with Gasteiger partial charge in [0.15, 0.2) is 0 Å². The minimum absolute atomic E-state index is 0.0179. The molecule has 0 radical (unpaired) electrons. The molecule has 1 unspecified atom stereocenters. The third-order valence-corrected chi connectivity index (χ3v) is 5.55. The Kier molecular flexibility index (Phi) is 7.00. The van der Waals surface area contributed by atoms with Gasteiger partial charge in [0, 0.05) is 32.1 Å². The topological polar surface area (TPSA) is 79.0 Å². The molecule has 1 aromatic carbocycles. The molecule has 1 atom stereocenters. The third-order valence-electron chi connectivity index (χ3n) is 5.55. The molecule has 0 aromatic heterocycles. The Morgan fingerprint density at radius 2 is 1.73 bits per heavy atom. The Morgan fingerprint density at radius 3 is 2.33 bits per heavy atom. The standard InChI is InChI=1S/C23H33N3O4/c1-23(2,3)30-22(29)24-18-12-15-25(16-13-18)21(28)20(17-9-5-4-6-10-17)26-14-8-7-11-19(26)27/h4-6,9-10,18,20H,7-8,11-16H2,1-3H3,(H,24,29). The van der Waals surface area contributed by atoms with E-state index in [1.165, 1.54) is 0 Å². The van der Waals surface area contributed by atoms with Crippen LogP contribution in [0.5, 0.6) is 0 Å². The maximum absolute atomic E-state index is 13.5. The molecule has 7 nitrogen and oxygen atoms in total. The van der Waals surface area contributed by atoms with Gasteiger partial charge >= 0.3 is 6.09 Å². The van der Waals surface area contributed by atoms with Crippen molar-refractivity contribution in [3.05, 3.63) is 35.9 Å². The smallest absolute Gasteiger partial charge is 0.407 e. The van der Waals surface area contributed by atoms with Crippen molar-refractivity contribution in [2.45, 2.75) is 70.6 Å². The molecular weight excluding hydrogens is 382 g/mol. The highest BCUT2D eigenvalue weighted by atomic mass is 16.6. The predicted octanol–water partition coefficient (Wildman–Crippen LogP) is 3.26. The summed E-state index contributed by atoms with van der Waals surface area (Å²) < 4.78 is 5.33. The van der Waals surface area contributed by atoms with E-state index >= 15 is 0 Å². The van der Waals surface area contributed by atoms with E-state index in [1.54, 1.807) is 4.90 Å². The summed E-state index contributed by atoms with van der Waals surface area (Å²) >= 11 is 0. The molecule has 2 aliphatic heterocycles. The minimum Gasteiger partial charge on any atom is -0.444 e. The van der Waals surface area contributed by atoms with E-state index in [9.17, 15) is 14.4 Å². The molecule has 3 rings (SSSR count). The minimum atomic E-state index is -0.575. The SMILES string of the molecule is CC(C)(C)OC(=O)NC1CCN(C(=O)C(c2ccccc2)N2CCCCC2=O)CC1. The van der Waals surface area contributed by atoms with Crippen LogP contribution in [0, 0.1) is 0 Å². The van der Waals surface area contributed by atoms with Crippen LogP contribution in [0.15, 0.2) is 30.3 Å². The summed E-state index contributed by atoms with van der Waals surface area (Å²) in [6, 6.07) is 8.96. The van der Waals surface area contributed by atoms with Gasteiger partial charge in [-0.15, -0.1) is 0 Å². The van der Waals surface area contributed by atoms with Crippen LogP contribution >= 0.6 is 0 Å². The summed E-state index contributed by atoms with van der Waals surface area (Å²) in [5, 5.41) is 2.90. The van der Waals surface area contributed by atoms with Crippen LogP contribution in [0.3, 0.4) is 0 Å². The zero-order valence-corrected chi connectivity index (χ0v) is 18.2. The fourth-order valence-corrected chi connectivity index (χ4v) is 4.08. The average Bonchev–Trinajstić information content (AvgIpc) is 2.69. The van der Waals surface area contributed by atoms with Crippen molar-refractivity contribution in [2.75, 3.05) is 19.6 Å². The number of nitrogens with zero attached hydrogens (tertiary/aromatic N) is 2. The van der Waals surface area contributed by atoms with E-state index in [1.807, 2.05) is 56.0 Å². The number of hydrogen-bond acceptors (Lipinski definition) is 4. The van der Waals surface area contributed by atoms with Crippen molar-refractivity contribution < 1.29 is 19.1 Å². The molecular formula is C23H33N3O4. The van der Waals surface area contributed by atoms with E-state index in [4.69, 9.17) is 4.74 Å². The molecule has 1 N–H and O–H groups in total. The summed E-state index contributed by atoms with van der Waals surface area (Å²) in [5.74, 6) is 0.0112. The zero-order valence-electron chi connectivity index (χ0n) is 18.2. The first-order chi connectivity index (χ1) is 14.2. The fraction of sp³-hybridized carbons (Fsp3) is 0.609. The number of piperidine rings is 2. The number of rotatable bonds is 4. The van der Waals surface area contributed by atoms with Crippen LogP contribution in [0.1, 0.15) is 64.5 Å². The lowest BCUT2D eigenvalue weighted by Crippen LogP contribution is -2.52. The summed E-state index contributed by atoms with van der Waals surface area (Å²) in [6.45, 7) is 7.20. The largest absolute Gasteiger partial charge is 0.444 e. The molecule has 0 aliphatic carbocycles. The number of carbonyl (C=O) groups is 3. The van der Waals surface area contributed by atoms with Gasteiger partial charge in [0.25, 0.3) is 0 Å². The van der Waals surface area contributed by atoms with E-state index in [0.717, 1.165) is 18.4 Å². The highest BCUT2D eigenvalue weighted by Gasteiger charge is 2.36. The first-order valence-corrected chi connectivity index (χ1v) is 10.9. The van der Waals surface area contributed by atoms with Gasteiger partial charge in [0.05, 0.1) is 0 Å². The second-order valence-corrected chi connectivity index (χ2v) is 9.10. The summed E-state index contributed by atoms with van der Waals surface area (Å²) in [6.07, 6.45) is 3.21. The highest BCUT2D eigenvalue weighted by Crippen LogP contribution is 2.28. The van der Waals surface area contributed by atoms with E-state index < -0.39 is 17.7 Å². The van der Waals surface area contributed by atoms with E-state index in [0.29, 0.717) is 38.9 Å². The maximum Gasteiger partial charge on any atom is 0.407 e. The monoisotopic (exact) mass is 415 g/mol. The third kappa shape index (κ3) is 5.74. The van der Waals surface area contributed by atoms with Crippen LogP contribution in [0.2, 0.25) is 0 Å². The first kappa shape index (κ1) is 22.1. The van der Waals surface area contributed by atoms with Gasteiger partial charge in [-0.3, -0.25) is 9.59 Å². The van der Waals surface area contributed by atoms with Crippen LogP contribution in [0.25, 0.3) is 0 Å². The number of benzene rings is 1. The predicted molar refractivity (Wildman–Crippen MR) is 114 cm³/mol. The highest BCUT2D eigenvalue weighted by molar-refractivity contribution is 5.89. The molecule has 7 heteroatoms. The number of carbonyl (C=O) groups excluding carboxylic acids is 3. The van der Waals surface area contributed by atoms with Crippen molar-refractivity contribution in [1.82, 2.24) is 15.1 Å². The lowest BCUT2D eigenvalue weighted by atomic mass is 9.98. The van der Waals surface area contributed by atoms with Crippen molar-refractivity contribution >= 4 is 17.9 Å². The number of amides is 3. The van der Waals surface area contributed by atoms with Crippen molar-refractivity contribution in [3.63, 3.8) is 0 Å². The van der Waals surface area contributed by atoms with Gasteiger partial charge in [-0.05, 0) is 52.0 Å².